The average Bonchev–Trinajstić information content (AvgIpc) is 3.23. The molecule has 2 heterocycles. The highest BCUT2D eigenvalue weighted by Crippen LogP contribution is 2.23. The van der Waals surface area contributed by atoms with E-state index < -0.39 is 0 Å². The summed E-state index contributed by atoms with van der Waals surface area (Å²) in [7, 11) is 0. The zero-order valence-electron chi connectivity index (χ0n) is 17.6. The molecule has 1 unspecified atom stereocenters. The van der Waals surface area contributed by atoms with E-state index in [9.17, 15) is 4.79 Å². The largest absolute Gasteiger partial charge is 0.343 e. The lowest BCUT2D eigenvalue weighted by atomic mass is 10.1. The fourth-order valence-electron chi connectivity index (χ4n) is 3.87. The van der Waals surface area contributed by atoms with Crippen LogP contribution in [0.25, 0.3) is 0 Å². The van der Waals surface area contributed by atoms with E-state index >= 15 is 0 Å². The molecule has 0 N–H and O–H groups in total. The molecule has 1 aliphatic heterocycles. The molecule has 2 aromatic carbocycles. The number of carbonyl (C=O) groups is 1. The Morgan fingerprint density at radius 3 is 2.57 bits per heavy atom. The van der Waals surface area contributed by atoms with Gasteiger partial charge in [-0.2, -0.15) is 4.37 Å². The van der Waals surface area contributed by atoms with Gasteiger partial charge in [0.15, 0.2) is 0 Å². The molecule has 1 aliphatic rings. The highest BCUT2D eigenvalue weighted by Gasteiger charge is 2.28. The summed E-state index contributed by atoms with van der Waals surface area (Å²) >= 11 is 1.46. The lowest BCUT2D eigenvalue weighted by molar-refractivity contribution is -0.133. The summed E-state index contributed by atoms with van der Waals surface area (Å²) in [5.41, 5.74) is 3.70. The molecule has 1 atom stereocenters. The van der Waals surface area contributed by atoms with Crippen molar-refractivity contribution in [2.45, 2.75) is 39.2 Å². The molecule has 1 fully saturated rings. The van der Waals surface area contributed by atoms with Gasteiger partial charge < -0.3 is 9.80 Å². The Hall–Kier alpha value is -2.73. The van der Waals surface area contributed by atoms with E-state index in [4.69, 9.17) is 4.98 Å². The zero-order chi connectivity index (χ0) is 20.9. The highest BCUT2D eigenvalue weighted by atomic mass is 32.1. The molecular weight excluding hydrogens is 392 g/mol. The number of rotatable bonds is 6. The van der Waals surface area contributed by atoms with Gasteiger partial charge >= 0.3 is 0 Å². The van der Waals surface area contributed by atoms with Gasteiger partial charge in [0.2, 0.25) is 11.0 Å². The third-order valence-corrected chi connectivity index (χ3v) is 6.44. The average molecular weight is 421 g/mol. The molecule has 30 heavy (non-hydrogen) atoms. The summed E-state index contributed by atoms with van der Waals surface area (Å²) in [6, 6.07) is 18.9. The SMILES string of the molecule is Cc1ccc(Cc2nsc(N3CCN(C(=O)CCc4ccccc4)C(C)C3)n2)cc1. The van der Waals surface area contributed by atoms with Crippen LogP contribution in [0, 0.1) is 6.92 Å². The number of hydrogen-bond donors (Lipinski definition) is 0. The summed E-state index contributed by atoms with van der Waals surface area (Å²) in [6.45, 7) is 6.56. The second-order valence-corrected chi connectivity index (χ2v) is 8.75. The van der Waals surface area contributed by atoms with Crippen molar-refractivity contribution < 1.29 is 4.79 Å². The number of anilines is 1. The van der Waals surface area contributed by atoms with Crippen LogP contribution in [-0.4, -0.2) is 45.8 Å². The summed E-state index contributed by atoms with van der Waals surface area (Å²) < 4.78 is 4.56. The maximum Gasteiger partial charge on any atom is 0.223 e. The van der Waals surface area contributed by atoms with Gasteiger partial charge in [0.1, 0.15) is 5.82 Å². The fraction of sp³-hybridized carbons (Fsp3) is 0.375. The molecule has 3 aromatic rings. The first kappa shape index (κ1) is 20.5. The Morgan fingerprint density at radius 1 is 1.07 bits per heavy atom. The molecule has 0 saturated carbocycles. The molecular formula is C24H28N4OS. The maximum atomic E-state index is 12.7. The third kappa shape index (κ3) is 5.05. The van der Waals surface area contributed by atoms with Gasteiger partial charge in [-0.25, -0.2) is 4.98 Å². The van der Waals surface area contributed by atoms with Gasteiger partial charge in [-0.3, -0.25) is 4.79 Å². The normalized spacial score (nSPS) is 16.7. The van der Waals surface area contributed by atoms with Crippen LogP contribution in [0.5, 0.6) is 0 Å². The molecule has 156 valence electrons. The number of amides is 1. The molecule has 6 heteroatoms. The van der Waals surface area contributed by atoms with Crippen LogP contribution >= 0.6 is 11.5 Å². The van der Waals surface area contributed by atoms with Gasteiger partial charge in [0.25, 0.3) is 0 Å². The smallest absolute Gasteiger partial charge is 0.223 e. The van der Waals surface area contributed by atoms with Crippen LogP contribution in [0.4, 0.5) is 5.13 Å². The van der Waals surface area contributed by atoms with E-state index in [2.05, 4.69) is 59.5 Å². The predicted octanol–water partition coefficient (Wildman–Crippen LogP) is 4.11. The number of piperazine rings is 1. The number of carbonyl (C=O) groups excluding carboxylic acids is 1. The minimum atomic E-state index is 0.173. The van der Waals surface area contributed by atoms with Crippen molar-refractivity contribution in [3.05, 3.63) is 77.1 Å². The molecule has 4 rings (SSSR count). The van der Waals surface area contributed by atoms with Crippen LogP contribution in [0.3, 0.4) is 0 Å². The van der Waals surface area contributed by atoms with E-state index in [1.807, 2.05) is 23.1 Å². The third-order valence-electron chi connectivity index (χ3n) is 5.63. The Morgan fingerprint density at radius 2 is 1.83 bits per heavy atom. The monoisotopic (exact) mass is 420 g/mol. The summed E-state index contributed by atoms with van der Waals surface area (Å²) in [5.74, 6) is 1.11. The lowest BCUT2D eigenvalue weighted by Crippen LogP contribution is -2.54. The number of benzene rings is 2. The topological polar surface area (TPSA) is 49.3 Å². The maximum absolute atomic E-state index is 12.7. The van der Waals surface area contributed by atoms with E-state index in [0.29, 0.717) is 6.42 Å². The Balaban J connectivity index is 1.31. The summed E-state index contributed by atoms with van der Waals surface area (Å²) in [5, 5.41) is 0.959. The molecule has 0 radical (unpaired) electrons. The van der Waals surface area contributed by atoms with E-state index in [1.54, 1.807) is 0 Å². The zero-order valence-corrected chi connectivity index (χ0v) is 18.4. The standard InChI is InChI=1S/C24H28N4OS/c1-18-8-10-21(11-9-18)16-22-25-24(30-26-22)27-14-15-28(19(2)17-27)23(29)13-12-20-6-4-3-5-7-20/h3-11,19H,12-17H2,1-2H3. The van der Waals surface area contributed by atoms with Gasteiger partial charge in [-0.05, 0) is 31.4 Å². The lowest BCUT2D eigenvalue weighted by Gasteiger charge is -2.39. The predicted molar refractivity (Wildman–Crippen MR) is 122 cm³/mol. The molecule has 1 saturated heterocycles. The van der Waals surface area contributed by atoms with Crippen LogP contribution < -0.4 is 4.90 Å². The summed E-state index contributed by atoms with van der Waals surface area (Å²) in [4.78, 5) is 21.8. The molecule has 0 aliphatic carbocycles. The molecule has 0 spiro atoms. The van der Waals surface area contributed by atoms with Crippen LogP contribution in [0.2, 0.25) is 0 Å². The van der Waals surface area contributed by atoms with Crippen molar-refractivity contribution in [1.82, 2.24) is 14.3 Å². The number of nitrogens with zero attached hydrogens (tertiary/aromatic N) is 4. The first-order valence-electron chi connectivity index (χ1n) is 10.5. The van der Waals surface area contributed by atoms with Crippen LogP contribution in [0.1, 0.15) is 35.9 Å². The minimum absolute atomic E-state index is 0.173. The summed E-state index contributed by atoms with van der Waals surface area (Å²) in [6.07, 6.45) is 2.11. The van der Waals surface area contributed by atoms with Crippen molar-refractivity contribution in [3.8, 4) is 0 Å². The van der Waals surface area contributed by atoms with Gasteiger partial charge in [0, 0.05) is 50.1 Å². The van der Waals surface area contributed by atoms with Gasteiger partial charge in [0.05, 0.1) is 0 Å². The van der Waals surface area contributed by atoms with Crippen molar-refractivity contribution >= 4 is 22.6 Å². The molecule has 1 aromatic heterocycles. The van der Waals surface area contributed by atoms with Crippen molar-refractivity contribution in [3.63, 3.8) is 0 Å². The number of aromatic nitrogens is 2. The van der Waals surface area contributed by atoms with Crippen LogP contribution in [-0.2, 0) is 17.6 Å². The molecule has 1 amide bonds. The minimum Gasteiger partial charge on any atom is -0.343 e. The second-order valence-electron chi connectivity index (χ2n) is 8.02. The van der Waals surface area contributed by atoms with Crippen molar-refractivity contribution in [1.29, 1.82) is 0 Å². The number of hydrogen-bond acceptors (Lipinski definition) is 5. The highest BCUT2D eigenvalue weighted by molar-refractivity contribution is 7.09. The van der Waals surface area contributed by atoms with E-state index in [1.165, 1.54) is 28.2 Å². The van der Waals surface area contributed by atoms with Crippen LogP contribution in [0.15, 0.2) is 54.6 Å². The molecule has 0 bridgehead atoms. The van der Waals surface area contributed by atoms with Crippen molar-refractivity contribution in [2.75, 3.05) is 24.5 Å². The van der Waals surface area contributed by atoms with Gasteiger partial charge in [-0.15, -0.1) is 0 Å². The first-order valence-corrected chi connectivity index (χ1v) is 11.3. The van der Waals surface area contributed by atoms with E-state index in [-0.39, 0.29) is 11.9 Å². The fourth-order valence-corrected chi connectivity index (χ4v) is 4.59. The van der Waals surface area contributed by atoms with Gasteiger partial charge in [-0.1, -0.05) is 60.2 Å². The molecule has 5 nitrogen and oxygen atoms in total. The van der Waals surface area contributed by atoms with Crippen molar-refractivity contribution in [2.24, 2.45) is 0 Å². The first-order chi connectivity index (χ1) is 14.6. The number of aryl methyl sites for hydroxylation is 2. The van der Waals surface area contributed by atoms with E-state index in [0.717, 1.165) is 43.4 Å². The Labute approximate surface area is 182 Å². The second kappa shape index (κ2) is 9.39. The Kier molecular flexibility index (Phi) is 6.43. The quantitative estimate of drug-likeness (QED) is 0.602. The Bertz CT molecular complexity index is 970.